The molecule has 4 heteroatoms. The van der Waals surface area contributed by atoms with Crippen LogP contribution < -0.4 is 10.6 Å². The van der Waals surface area contributed by atoms with Crippen molar-refractivity contribution in [3.63, 3.8) is 0 Å². The van der Waals surface area contributed by atoms with E-state index in [-0.39, 0.29) is 17.9 Å². The maximum Gasteiger partial charge on any atom is 0.243 e. The topological polar surface area (TPSA) is 58.2 Å². The van der Waals surface area contributed by atoms with Gasteiger partial charge in [0.05, 0.1) is 0 Å². The lowest BCUT2D eigenvalue weighted by Gasteiger charge is -2.19. The van der Waals surface area contributed by atoms with Crippen LogP contribution in [-0.2, 0) is 16.0 Å². The highest BCUT2D eigenvalue weighted by Gasteiger charge is 2.20. The van der Waals surface area contributed by atoms with Crippen molar-refractivity contribution in [2.45, 2.75) is 39.3 Å². The first-order chi connectivity index (χ1) is 8.49. The van der Waals surface area contributed by atoms with Crippen molar-refractivity contribution >= 4 is 11.8 Å². The number of benzene rings is 1. The molecule has 0 aliphatic carbocycles. The van der Waals surface area contributed by atoms with Gasteiger partial charge in [0.2, 0.25) is 11.8 Å². The number of hydrogen-bond acceptors (Lipinski definition) is 2. The van der Waals surface area contributed by atoms with Gasteiger partial charge in [0.1, 0.15) is 6.04 Å². The van der Waals surface area contributed by atoms with Crippen molar-refractivity contribution in [3.8, 4) is 0 Å². The Morgan fingerprint density at radius 3 is 2.22 bits per heavy atom. The summed E-state index contributed by atoms with van der Waals surface area (Å²) in [6.45, 7) is 5.21. The summed E-state index contributed by atoms with van der Waals surface area (Å²) >= 11 is 0. The average molecular weight is 248 g/mol. The minimum absolute atomic E-state index is 0.0598. The molecule has 2 amide bonds. The van der Waals surface area contributed by atoms with Crippen LogP contribution in [0.3, 0.4) is 0 Å². The first-order valence-electron chi connectivity index (χ1n) is 6.10. The standard InChI is InChI=1S/C14H20N2O2/c1-10(2)15-14(18)13(16-11(3)17)9-12-7-5-4-6-8-12/h4-8,10,13H,9H2,1-3H3,(H,15,18)(H,16,17)/t13-/m0/s1. The van der Waals surface area contributed by atoms with Crippen LogP contribution in [-0.4, -0.2) is 23.9 Å². The van der Waals surface area contributed by atoms with Crippen LogP contribution in [0.5, 0.6) is 0 Å². The quantitative estimate of drug-likeness (QED) is 0.824. The van der Waals surface area contributed by atoms with E-state index in [2.05, 4.69) is 10.6 Å². The van der Waals surface area contributed by atoms with Crippen LogP contribution in [0, 0.1) is 0 Å². The van der Waals surface area contributed by atoms with Crippen LogP contribution in [0.2, 0.25) is 0 Å². The summed E-state index contributed by atoms with van der Waals surface area (Å²) in [6.07, 6.45) is 0.499. The number of carbonyl (C=O) groups excluding carboxylic acids is 2. The Morgan fingerprint density at radius 1 is 1.11 bits per heavy atom. The van der Waals surface area contributed by atoms with Gasteiger partial charge in [-0.25, -0.2) is 0 Å². The molecule has 0 fully saturated rings. The Morgan fingerprint density at radius 2 is 1.72 bits per heavy atom. The molecule has 4 nitrogen and oxygen atoms in total. The van der Waals surface area contributed by atoms with E-state index in [1.54, 1.807) is 0 Å². The number of hydrogen-bond donors (Lipinski definition) is 2. The second-order valence-corrected chi connectivity index (χ2v) is 4.61. The van der Waals surface area contributed by atoms with E-state index in [1.807, 2.05) is 44.2 Å². The van der Waals surface area contributed by atoms with Gasteiger partial charge in [0.25, 0.3) is 0 Å². The normalized spacial score (nSPS) is 12.0. The van der Waals surface area contributed by atoms with E-state index in [9.17, 15) is 9.59 Å². The highest BCUT2D eigenvalue weighted by atomic mass is 16.2. The van der Waals surface area contributed by atoms with Gasteiger partial charge < -0.3 is 10.6 Å². The number of amides is 2. The lowest BCUT2D eigenvalue weighted by molar-refractivity contribution is -0.128. The monoisotopic (exact) mass is 248 g/mol. The zero-order valence-electron chi connectivity index (χ0n) is 11.1. The zero-order chi connectivity index (χ0) is 13.5. The van der Waals surface area contributed by atoms with Gasteiger partial charge in [-0.05, 0) is 19.4 Å². The fourth-order valence-electron chi connectivity index (χ4n) is 1.69. The third kappa shape index (κ3) is 4.99. The van der Waals surface area contributed by atoms with E-state index in [0.717, 1.165) is 5.56 Å². The largest absolute Gasteiger partial charge is 0.352 e. The summed E-state index contributed by atoms with van der Waals surface area (Å²) in [5, 5.41) is 5.50. The van der Waals surface area contributed by atoms with Crippen LogP contribution >= 0.6 is 0 Å². The molecule has 0 unspecified atom stereocenters. The van der Waals surface area contributed by atoms with E-state index in [1.165, 1.54) is 6.92 Å². The van der Waals surface area contributed by atoms with Crippen molar-refractivity contribution in [3.05, 3.63) is 35.9 Å². The molecule has 0 aliphatic rings. The molecule has 0 aliphatic heterocycles. The highest BCUT2D eigenvalue weighted by Crippen LogP contribution is 2.03. The smallest absolute Gasteiger partial charge is 0.243 e. The molecule has 2 N–H and O–H groups in total. The zero-order valence-corrected chi connectivity index (χ0v) is 11.1. The van der Waals surface area contributed by atoms with Gasteiger partial charge in [-0.15, -0.1) is 0 Å². The lowest BCUT2D eigenvalue weighted by Crippen LogP contribution is -2.49. The first-order valence-corrected chi connectivity index (χ1v) is 6.10. The Bertz CT molecular complexity index is 402. The Balaban J connectivity index is 2.72. The third-order valence-electron chi connectivity index (χ3n) is 2.41. The number of carbonyl (C=O) groups is 2. The Hall–Kier alpha value is -1.84. The SMILES string of the molecule is CC(=O)N[C@@H](Cc1ccccc1)C(=O)NC(C)C. The van der Waals surface area contributed by atoms with E-state index in [0.29, 0.717) is 6.42 Å². The fourth-order valence-corrected chi connectivity index (χ4v) is 1.69. The fraction of sp³-hybridized carbons (Fsp3) is 0.429. The van der Waals surface area contributed by atoms with Crippen molar-refractivity contribution in [2.75, 3.05) is 0 Å². The minimum atomic E-state index is -0.521. The summed E-state index contributed by atoms with van der Waals surface area (Å²) < 4.78 is 0. The van der Waals surface area contributed by atoms with Gasteiger partial charge in [0, 0.05) is 19.4 Å². The molecular weight excluding hydrogens is 228 g/mol. The molecule has 1 atom stereocenters. The third-order valence-corrected chi connectivity index (χ3v) is 2.41. The molecule has 18 heavy (non-hydrogen) atoms. The Labute approximate surface area is 108 Å². The van der Waals surface area contributed by atoms with Gasteiger partial charge in [-0.2, -0.15) is 0 Å². The molecule has 0 spiro atoms. The van der Waals surface area contributed by atoms with Gasteiger partial charge in [-0.1, -0.05) is 30.3 Å². The van der Waals surface area contributed by atoms with Crippen molar-refractivity contribution in [2.24, 2.45) is 0 Å². The van der Waals surface area contributed by atoms with E-state index >= 15 is 0 Å². The molecule has 1 aromatic carbocycles. The second kappa shape index (κ2) is 6.79. The van der Waals surface area contributed by atoms with Crippen LogP contribution in [0.15, 0.2) is 30.3 Å². The minimum Gasteiger partial charge on any atom is -0.352 e. The number of rotatable bonds is 5. The predicted octanol–water partition coefficient (Wildman–Crippen LogP) is 1.26. The van der Waals surface area contributed by atoms with Crippen molar-refractivity contribution < 1.29 is 9.59 Å². The van der Waals surface area contributed by atoms with Crippen LogP contribution in [0.25, 0.3) is 0 Å². The summed E-state index contributed by atoms with van der Waals surface area (Å²) in [5.41, 5.74) is 1.02. The molecule has 0 heterocycles. The Kier molecular flexibility index (Phi) is 5.36. The predicted molar refractivity (Wildman–Crippen MR) is 71.0 cm³/mol. The van der Waals surface area contributed by atoms with Gasteiger partial charge in [-0.3, -0.25) is 9.59 Å². The van der Waals surface area contributed by atoms with Crippen molar-refractivity contribution in [1.82, 2.24) is 10.6 Å². The molecule has 0 saturated carbocycles. The second-order valence-electron chi connectivity index (χ2n) is 4.61. The van der Waals surface area contributed by atoms with Gasteiger partial charge in [0.15, 0.2) is 0 Å². The van der Waals surface area contributed by atoms with Crippen LogP contribution in [0.1, 0.15) is 26.3 Å². The maximum absolute atomic E-state index is 12.0. The molecule has 0 bridgehead atoms. The molecule has 1 aromatic rings. The van der Waals surface area contributed by atoms with Gasteiger partial charge >= 0.3 is 0 Å². The summed E-state index contributed by atoms with van der Waals surface area (Å²) in [4.78, 5) is 23.1. The highest BCUT2D eigenvalue weighted by molar-refractivity contribution is 5.87. The molecule has 98 valence electrons. The average Bonchev–Trinajstić information content (AvgIpc) is 2.28. The summed E-state index contributed by atoms with van der Waals surface area (Å²) in [5.74, 6) is -0.348. The maximum atomic E-state index is 12.0. The van der Waals surface area contributed by atoms with Crippen molar-refractivity contribution in [1.29, 1.82) is 0 Å². The first kappa shape index (κ1) is 14.2. The van der Waals surface area contributed by atoms with Crippen LogP contribution in [0.4, 0.5) is 0 Å². The number of nitrogens with one attached hydrogen (secondary N) is 2. The molecular formula is C14H20N2O2. The molecule has 0 aromatic heterocycles. The van der Waals surface area contributed by atoms with E-state index < -0.39 is 6.04 Å². The summed E-state index contributed by atoms with van der Waals surface area (Å²) in [7, 11) is 0. The molecule has 0 radical (unpaired) electrons. The summed E-state index contributed by atoms with van der Waals surface area (Å²) in [6, 6.07) is 9.18. The molecule has 1 rings (SSSR count). The molecule has 0 saturated heterocycles. The van der Waals surface area contributed by atoms with E-state index in [4.69, 9.17) is 0 Å². The lowest BCUT2D eigenvalue weighted by atomic mass is 10.0.